The average Bonchev–Trinajstić information content (AvgIpc) is 0.934. The number of carbonyl (C=O) groups is 4. The molecule has 120 heavy (non-hydrogen) atoms. The zero-order valence-corrected chi connectivity index (χ0v) is 78.6. The van der Waals surface area contributed by atoms with E-state index in [4.69, 9.17) is 14.6 Å². The number of aromatic nitrogens is 2. The number of aliphatic hydroxyl groups excluding tert-OH is 1. The first-order valence-electron chi connectivity index (χ1n) is 45.5. The van der Waals surface area contributed by atoms with Gasteiger partial charge in [-0.05, 0) is 283 Å². The van der Waals surface area contributed by atoms with Crippen LogP contribution in [0.1, 0.15) is 165 Å². The molecular weight excluding hydrogens is 1550 g/mol. The van der Waals surface area contributed by atoms with Crippen LogP contribution in [0.25, 0.3) is 0 Å². The number of piperidine rings is 2. The number of halogens is 1. The van der Waals surface area contributed by atoms with Gasteiger partial charge in [-0.1, -0.05) is 6.42 Å². The molecule has 0 radical (unpaired) electrons. The maximum Gasteiger partial charge on any atom is 0.255 e. The van der Waals surface area contributed by atoms with Gasteiger partial charge in [-0.15, -0.1) is 0 Å². The number of ether oxygens (including phenoxy) is 2. The maximum absolute atomic E-state index is 11.7. The van der Waals surface area contributed by atoms with Gasteiger partial charge in [0.25, 0.3) is 5.91 Å². The number of anilines is 1. The van der Waals surface area contributed by atoms with Crippen molar-refractivity contribution in [2.75, 3.05) is 273 Å². The van der Waals surface area contributed by atoms with Gasteiger partial charge < -0.3 is 112 Å². The molecule has 4 amide bonds. The van der Waals surface area contributed by atoms with Gasteiger partial charge in [0.1, 0.15) is 0 Å². The fourth-order valence-electron chi connectivity index (χ4n) is 14.8. The number of alkyl halides is 1. The summed E-state index contributed by atoms with van der Waals surface area (Å²) in [5, 5.41) is 43.9. The van der Waals surface area contributed by atoms with Gasteiger partial charge in [-0.3, -0.25) is 42.5 Å². The van der Waals surface area contributed by atoms with Crippen LogP contribution in [0, 0.1) is 5.92 Å². The Hall–Kier alpha value is -4.82. The van der Waals surface area contributed by atoms with E-state index in [-0.39, 0.29) is 35.4 Å². The van der Waals surface area contributed by atoms with Gasteiger partial charge >= 0.3 is 0 Å². The third-order valence-corrected chi connectivity index (χ3v) is 24.7. The third-order valence-electron chi connectivity index (χ3n) is 23.5. The topological polar surface area (TPSA) is 328 Å². The number of unbranched alkanes of at least 4 members (excludes halogenated alkanes) is 1. The standard InChI is InChI=1S/C13H26N2O2.C11H22N2.C10H13N3O.2C9H18N2O.C8H18N2.C6H8N2O.C6H14N2.C5H12N2O.C5H11NOS.C5H11NO.CH3F/c1-14-12-2-4-13(5-3-12)17-11-8-15-6-9-16-10-7-15;1-12-10-3-2-4-11(7-10)13-8-9-5-6-9;1-11-9-6-13(7-9)10(14)8-3-2-4-12-5-8;1-8(10-2)9(12)11-6-4-3-5-7-11;1-10-6-2-3-7-11-8-4-5-9(11)12;1-9-6-5-8-4-3-7-10(8)2;1-7-5-2-3-6(9)8-4-5;1-7-6-2-4-8-5-3-6;1-6-4-5(8)7(2)3;1-6-2-4-8(7)5-3-6;1-6-3-2-5(7)4-6;1-2/h12-14H,2-11H2,1H3;9-13H,2-8H2,1H3;2-5,9,11H,6-7H2,1H3;8,10H,3-7H2,1-2H3;10H,2-8H2,1H3;8-9H,3-7H2,1-2H3;2-4,7H,1H3,(H,8,9);6-8H,2-5H2,1H3;6H,4H2,1-3H3;2-5H2,1H3;5,7H,2-4H2,1H3;1H3. The summed E-state index contributed by atoms with van der Waals surface area (Å²) in [4.78, 5) is 78.6. The molecule has 8 aliphatic heterocycles. The average molecular weight is 1720 g/mol. The molecule has 698 valence electrons. The first-order chi connectivity index (χ1) is 58.0. The lowest BCUT2D eigenvalue weighted by Crippen LogP contribution is -2.58. The Balaban J connectivity index is 0.000000451. The molecule has 2 aromatic heterocycles. The number of carbonyl (C=O) groups excluding carboxylic acids is 4. The number of H-pyrrole nitrogens is 1. The molecule has 11 aliphatic rings. The number of hydrogen-bond acceptors (Lipinski definition) is 25. The Bertz CT molecular complexity index is 2860. The normalized spacial score (nSPS) is 22.9. The van der Waals surface area contributed by atoms with Gasteiger partial charge in [0.15, 0.2) is 0 Å². The fraction of sp³-hybridized carbons (Fsp3) is 0.841. The number of nitrogens with one attached hydrogen (secondary N) is 12. The number of morpholine rings is 1. The highest BCUT2D eigenvalue weighted by molar-refractivity contribution is 7.85. The minimum atomic E-state index is -0.503. The number of aromatic amines is 1. The summed E-state index contributed by atoms with van der Waals surface area (Å²) in [5.74, 6) is 3.54. The van der Waals surface area contributed by atoms with Crippen LogP contribution < -0.4 is 64.0 Å². The minimum absolute atomic E-state index is 0.0249. The lowest BCUT2D eigenvalue weighted by molar-refractivity contribution is -0.133. The van der Waals surface area contributed by atoms with Crippen molar-refractivity contribution in [1.82, 2.24) is 102 Å². The van der Waals surface area contributed by atoms with E-state index >= 15 is 0 Å². The number of aliphatic hydroxyl groups is 1. The number of hydrogen-bond donors (Lipinski definition) is 13. The molecule has 30 nitrogen and oxygen atoms in total. The van der Waals surface area contributed by atoms with E-state index in [0.29, 0.717) is 43.4 Å². The van der Waals surface area contributed by atoms with Gasteiger partial charge in [0.05, 0.1) is 63.0 Å². The van der Waals surface area contributed by atoms with Crippen LogP contribution in [0.3, 0.4) is 0 Å². The lowest BCUT2D eigenvalue weighted by atomic mass is 9.91. The molecule has 5 atom stereocenters. The molecule has 3 aliphatic carbocycles. The molecule has 13 rings (SSSR count). The van der Waals surface area contributed by atoms with Crippen molar-refractivity contribution >= 4 is 40.1 Å². The summed E-state index contributed by atoms with van der Waals surface area (Å²) < 4.78 is 31.5. The monoisotopic (exact) mass is 1720 g/mol. The van der Waals surface area contributed by atoms with Crippen molar-refractivity contribution < 1.29 is 42.4 Å². The second-order valence-electron chi connectivity index (χ2n) is 33.3. The molecular formula is C88H174FN21O9S. The molecule has 0 spiro atoms. The van der Waals surface area contributed by atoms with Crippen LogP contribution in [0.2, 0.25) is 0 Å². The predicted molar refractivity (Wildman–Crippen MR) is 494 cm³/mol. The Labute approximate surface area is 728 Å². The number of rotatable bonds is 25. The van der Waals surface area contributed by atoms with E-state index in [1.807, 2.05) is 63.9 Å². The maximum atomic E-state index is 11.7. The second-order valence-corrected chi connectivity index (χ2v) is 35.0. The number of likely N-dealkylation sites (tertiary alicyclic amines) is 5. The summed E-state index contributed by atoms with van der Waals surface area (Å²) in [7, 11) is 27.2. The van der Waals surface area contributed by atoms with Crippen molar-refractivity contribution in [2.24, 2.45) is 5.92 Å². The van der Waals surface area contributed by atoms with Crippen molar-refractivity contribution in [2.45, 2.75) is 209 Å². The third kappa shape index (κ3) is 53.5. The first kappa shape index (κ1) is 111. The first-order valence-corrected chi connectivity index (χ1v) is 47.0. The largest absolute Gasteiger partial charge is 0.392 e. The molecule has 8 saturated heterocycles. The summed E-state index contributed by atoms with van der Waals surface area (Å²) in [6, 6.07) is 11.1. The Morgan fingerprint density at radius 3 is 1.79 bits per heavy atom. The molecule has 0 aromatic carbocycles. The number of β-amino-alcohol motifs (C(OH)–C–C–N with tert-alkyl or cyclic N) is 1. The quantitative estimate of drug-likeness (QED) is 0.0624. The van der Waals surface area contributed by atoms with Crippen LogP contribution in [0.5, 0.6) is 0 Å². The van der Waals surface area contributed by atoms with E-state index in [1.165, 1.54) is 154 Å². The second kappa shape index (κ2) is 71.3. The Kier molecular flexibility index (Phi) is 66.1. The van der Waals surface area contributed by atoms with Crippen LogP contribution in [0.4, 0.5) is 10.1 Å². The van der Waals surface area contributed by atoms with Crippen LogP contribution in [-0.4, -0.2) is 405 Å². The van der Waals surface area contributed by atoms with E-state index < -0.39 is 10.8 Å². The minimum Gasteiger partial charge on any atom is -0.392 e. The van der Waals surface area contributed by atoms with Crippen molar-refractivity contribution in [1.29, 1.82) is 0 Å². The summed E-state index contributed by atoms with van der Waals surface area (Å²) >= 11 is 0. The zero-order valence-electron chi connectivity index (χ0n) is 77.8. The highest BCUT2D eigenvalue weighted by Gasteiger charge is 2.31. The molecule has 10 heterocycles. The highest BCUT2D eigenvalue weighted by atomic mass is 32.2. The summed E-state index contributed by atoms with van der Waals surface area (Å²) in [6.45, 7) is 24.7. The molecule has 13 N–H and O–H groups in total. The van der Waals surface area contributed by atoms with E-state index in [0.717, 1.165) is 191 Å². The van der Waals surface area contributed by atoms with E-state index in [1.54, 1.807) is 69.9 Å². The van der Waals surface area contributed by atoms with Crippen molar-refractivity contribution in [3.05, 3.63) is 58.8 Å². The fourth-order valence-corrected chi connectivity index (χ4v) is 16.1. The lowest BCUT2D eigenvalue weighted by Gasteiger charge is -2.38. The van der Waals surface area contributed by atoms with Gasteiger partial charge in [-0.25, -0.2) is 0 Å². The molecule has 2 aromatic rings. The van der Waals surface area contributed by atoms with Crippen LogP contribution in [-0.2, 0) is 34.7 Å². The molecule has 11 fully saturated rings. The Morgan fingerprint density at radius 1 is 0.658 bits per heavy atom. The Morgan fingerprint density at radius 2 is 1.31 bits per heavy atom. The highest BCUT2D eigenvalue weighted by Crippen LogP contribution is 2.29. The number of likely N-dealkylation sites (N-methyl/N-ethyl adjacent to an activating group) is 5. The zero-order chi connectivity index (χ0) is 88.5. The number of amides is 4. The molecule has 3 saturated carbocycles. The molecule has 0 bridgehead atoms. The van der Waals surface area contributed by atoms with Crippen LogP contribution >= 0.6 is 0 Å². The van der Waals surface area contributed by atoms with Crippen molar-refractivity contribution in [3.63, 3.8) is 0 Å². The molecule has 32 heteroatoms. The molecule has 5 unspecified atom stereocenters. The number of pyridine rings is 2. The summed E-state index contributed by atoms with van der Waals surface area (Å²) in [6.07, 6.45) is 34.1. The van der Waals surface area contributed by atoms with Crippen LogP contribution in [0.15, 0.2) is 47.7 Å². The van der Waals surface area contributed by atoms with E-state index in [2.05, 4.69) is 116 Å². The summed E-state index contributed by atoms with van der Waals surface area (Å²) in [5.41, 5.74) is 1.51. The van der Waals surface area contributed by atoms with E-state index in [9.17, 15) is 32.6 Å². The van der Waals surface area contributed by atoms with Crippen molar-refractivity contribution in [3.8, 4) is 0 Å². The van der Waals surface area contributed by atoms with Gasteiger partial charge in [-0.2, -0.15) is 0 Å². The SMILES string of the molecule is CF.CN1CCC(O)C1.CN1CCS(=O)CC1.CNC(C)C(=O)N1CCCCC1.CNC1CCC(OCCN2CCOCC2)CC1.CNC1CCCC(NCC2CC2)C1.CNC1CCNCC1.CNC1CN(C(=O)c2cccnc2)C1.CNCC(=O)N(C)C.CNCCC1CCCN1C.CNCCCCN1CCCC1=O.CNc1ccc(=O)[nH]c1. The number of nitrogens with zero attached hydrogens (tertiary/aromatic N) is 9. The van der Waals surface area contributed by atoms with Gasteiger partial charge in [0, 0.05) is 196 Å². The van der Waals surface area contributed by atoms with Gasteiger partial charge in [0.2, 0.25) is 23.3 Å². The smallest absolute Gasteiger partial charge is 0.255 e. The predicted octanol–water partition coefficient (Wildman–Crippen LogP) is 4.03.